The minimum atomic E-state index is -3.77. The van der Waals surface area contributed by atoms with E-state index >= 15 is 0 Å². The summed E-state index contributed by atoms with van der Waals surface area (Å²) in [6.45, 7) is 0. The molecule has 0 spiro atoms. The zero-order chi connectivity index (χ0) is 20.0. The van der Waals surface area contributed by atoms with E-state index in [1.165, 1.54) is 11.8 Å². The third kappa shape index (κ3) is 5.24. The van der Waals surface area contributed by atoms with Gasteiger partial charge in [-0.1, -0.05) is 60.3 Å². The van der Waals surface area contributed by atoms with Gasteiger partial charge in [-0.25, -0.2) is 8.42 Å². The third-order valence-corrected chi connectivity index (χ3v) is 7.43. The minimum Gasteiger partial charge on any atom is -0.481 e. The van der Waals surface area contributed by atoms with Gasteiger partial charge in [0, 0.05) is 9.79 Å². The lowest BCUT2D eigenvalue weighted by molar-refractivity contribution is -0.137. The van der Waals surface area contributed by atoms with Crippen molar-refractivity contribution >= 4 is 27.6 Å². The summed E-state index contributed by atoms with van der Waals surface area (Å²) in [7, 11) is -3.77. The maximum Gasteiger partial charge on any atom is 0.304 e. The van der Waals surface area contributed by atoms with Crippen LogP contribution in [0.3, 0.4) is 0 Å². The first kappa shape index (κ1) is 20.2. The quantitative estimate of drug-likeness (QED) is 0.581. The van der Waals surface area contributed by atoms with Crippen LogP contribution in [0, 0.1) is 0 Å². The molecule has 0 aliphatic carbocycles. The molecule has 6 heteroatoms. The molecule has 3 rings (SSSR count). The molecule has 0 aliphatic heterocycles. The van der Waals surface area contributed by atoms with Crippen LogP contribution < -0.4 is 0 Å². The summed E-state index contributed by atoms with van der Waals surface area (Å²) in [4.78, 5) is 13.4. The molecule has 4 nitrogen and oxygen atoms in total. The standard InChI is InChI=1S/C22H20O4S2/c23-22(24)16-21(15-17-7-3-1-4-8-17)28(25,26)20-13-11-19(12-14-20)27-18-9-5-2-6-10-18/h1-14,21H,15-16H2,(H,23,24). The Hall–Kier alpha value is -2.57. The Balaban J connectivity index is 1.82. The molecule has 144 valence electrons. The molecule has 1 unspecified atom stereocenters. The van der Waals surface area contributed by atoms with E-state index in [0.29, 0.717) is 0 Å². The Kier molecular flexibility index (Phi) is 6.54. The first-order chi connectivity index (χ1) is 13.4. The molecule has 0 bridgehead atoms. The van der Waals surface area contributed by atoms with Crippen molar-refractivity contribution < 1.29 is 18.3 Å². The number of benzene rings is 3. The first-order valence-corrected chi connectivity index (χ1v) is 11.1. The molecular weight excluding hydrogens is 392 g/mol. The van der Waals surface area contributed by atoms with Crippen molar-refractivity contribution in [2.45, 2.75) is 32.8 Å². The van der Waals surface area contributed by atoms with Gasteiger partial charge in [-0.2, -0.15) is 0 Å². The van der Waals surface area contributed by atoms with E-state index in [0.717, 1.165) is 15.4 Å². The molecule has 0 saturated heterocycles. The molecule has 0 amide bonds. The van der Waals surface area contributed by atoms with Crippen LogP contribution in [0.5, 0.6) is 0 Å². The molecule has 0 fully saturated rings. The zero-order valence-corrected chi connectivity index (χ0v) is 16.7. The highest BCUT2D eigenvalue weighted by molar-refractivity contribution is 7.99. The van der Waals surface area contributed by atoms with Gasteiger partial charge in [-0.3, -0.25) is 4.79 Å². The average molecular weight is 413 g/mol. The van der Waals surface area contributed by atoms with Gasteiger partial charge < -0.3 is 5.11 Å². The first-order valence-electron chi connectivity index (χ1n) is 8.78. The molecule has 1 N–H and O–H groups in total. The largest absolute Gasteiger partial charge is 0.481 e. The maximum atomic E-state index is 13.1. The van der Waals surface area contributed by atoms with Crippen LogP contribution in [0.1, 0.15) is 12.0 Å². The fourth-order valence-electron chi connectivity index (χ4n) is 2.88. The average Bonchev–Trinajstić information content (AvgIpc) is 2.69. The summed E-state index contributed by atoms with van der Waals surface area (Å²) >= 11 is 1.54. The molecule has 1 atom stereocenters. The van der Waals surface area contributed by atoms with Gasteiger partial charge >= 0.3 is 5.97 Å². The summed E-state index contributed by atoms with van der Waals surface area (Å²) in [6, 6.07) is 25.5. The van der Waals surface area contributed by atoms with Crippen LogP contribution in [0.15, 0.2) is 99.6 Å². The molecule has 0 aliphatic rings. The Bertz CT molecular complexity index is 1020. The van der Waals surface area contributed by atoms with Crippen molar-refractivity contribution in [3.05, 3.63) is 90.5 Å². The van der Waals surface area contributed by atoms with Crippen LogP contribution in [-0.2, 0) is 21.1 Å². The molecule has 0 aromatic heterocycles. The van der Waals surface area contributed by atoms with Gasteiger partial charge in [0.25, 0.3) is 0 Å². The zero-order valence-electron chi connectivity index (χ0n) is 15.1. The number of aliphatic carboxylic acids is 1. The molecule has 3 aromatic rings. The van der Waals surface area contributed by atoms with Gasteiger partial charge in [0.1, 0.15) is 0 Å². The number of carboxylic acids is 1. The number of carboxylic acid groups (broad SMARTS) is 1. The molecule has 0 radical (unpaired) electrons. The third-order valence-electron chi connectivity index (χ3n) is 4.28. The van der Waals surface area contributed by atoms with Crippen molar-refractivity contribution in [3.8, 4) is 0 Å². The van der Waals surface area contributed by atoms with Crippen LogP contribution in [0.2, 0.25) is 0 Å². The molecule has 0 heterocycles. The Labute approximate surface area is 169 Å². The summed E-state index contributed by atoms with van der Waals surface area (Å²) in [5.74, 6) is -1.12. The van der Waals surface area contributed by atoms with Gasteiger partial charge in [0.15, 0.2) is 9.84 Å². The highest BCUT2D eigenvalue weighted by Gasteiger charge is 2.30. The second kappa shape index (κ2) is 9.08. The number of rotatable bonds is 8. The predicted octanol–water partition coefficient (Wildman–Crippen LogP) is 4.70. The number of hydrogen-bond donors (Lipinski definition) is 1. The number of carbonyl (C=O) groups is 1. The van der Waals surface area contributed by atoms with Gasteiger partial charge in [-0.15, -0.1) is 0 Å². The predicted molar refractivity (Wildman–Crippen MR) is 110 cm³/mol. The van der Waals surface area contributed by atoms with Gasteiger partial charge in [0.2, 0.25) is 0 Å². The van der Waals surface area contributed by atoms with Crippen molar-refractivity contribution in [2.75, 3.05) is 0 Å². The molecule has 28 heavy (non-hydrogen) atoms. The lowest BCUT2D eigenvalue weighted by Crippen LogP contribution is -2.27. The van der Waals surface area contributed by atoms with Crippen LogP contribution in [-0.4, -0.2) is 24.7 Å². The van der Waals surface area contributed by atoms with E-state index in [1.807, 2.05) is 60.7 Å². The van der Waals surface area contributed by atoms with E-state index in [-0.39, 0.29) is 11.3 Å². The second-order valence-electron chi connectivity index (χ2n) is 6.34. The molecule has 0 saturated carbocycles. The normalized spacial score (nSPS) is 12.4. The lowest BCUT2D eigenvalue weighted by Gasteiger charge is -2.16. The SMILES string of the molecule is O=C(O)CC(Cc1ccccc1)S(=O)(=O)c1ccc(Sc2ccccc2)cc1. The molecular formula is C22H20O4S2. The summed E-state index contributed by atoms with van der Waals surface area (Å²) in [6.07, 6.45) is -0.270. The van der Waals surface area contributed by atoms with E-state index in [4.69, 9.17) is 0 Å². The smallest absolute Gasteiger partial charge is 0.304 e. The van der Waals surface area contributed by atoms with Crippen molar-refractivity contribution in [1.29, 1.82) is 0 Å². The highest BCUT2D eigenvalue weighted by atomic mass is 32.2. The highest BCUT2D eigenvalue weighted by Crippen LogP contribution is 2.29. The fourth-order valence-corrected chi connectivity index (χ4v) is 5.39. The van der Waals surface area contributed by atoms with Crippen LogP contribution in [0.25, 0.3) is 0 Å². The maximum absolute atomic E-state index is 13.1. The van der Waals surface area contributed by atoms with Crippen molar-refractivity contribution in [1.82, 2.24) is 0 Å². The van der Waals surface area contributed by atoms with E-state index in [9.17, 15) is 18.3 Å². The second-order valence-corrected chi connectivity index (χ2v) is 9.72. The monoisotopic (exact) mass is 412 g/mol. The van der Waals surface area contributed by atoms with Gasteiger partial charge in [-0.05, 0) is 48.4 Å². The van der Waals surface area contributed by atoms with Crippen LogP contribution in [0.4, 0.5) is 0 Å². The fraction of sp³-hybridized carbons (Fsp3) is 0.136. The Morgan fingerprint density at radius 1 is 0.821 bits per heavy atom. The van der Waals surface area contributed by atoms with E-state index in [1.54, 1.807) is 24.3 Å². The lowest BCUT2D eigenvalue weighted by atomic mass is 10.1. The number of sulfone groups is 1. The van der Waals surface area contributed by atoms with E-state index < -0.39 is 27.5 Å². The van der Waals surface area contributed by atoms with Gasteiger partial charge in [0.05, 0.1) is 16.6 Å². The summed E-state index contributed by atoms with van der Waals surface area (Å²) in [5, 5.41) is 8.20. The Morgan fingerprint density at radius 2 is 1.36 bits per heavy atom. The summed E-state index contributed by atoms with van der Waals surface area (Å²) < 4.78 is 26.1. The van der Waals surface area contributed by atoms with Crippen LogP contribution >= 0.6 is 11.8 Å². The van der Waals surface area contributed by atoms with Crippen molar-refractivity contribution in [3.63, 3.8) is 0 Å². The van der Waals surface area contributed by atoms with E-state index in [2.05, 4.69) is 0 Å². The molecule has 3 aromatic carbocycles. The van der Waals surface area contributed by atoms with Crippen molar-refractivity contribution in [2.24, 2.45) is 0 Å². The Morgan fingerprint density at radius 3 is 1.93 bits per heavy atom. The topological polar surface area (TPSA) is 71.4 Å². The number of hydrogen-bond acceptors (Lipinski definition) is 4. The minimum absolute atomic E-state index is 0.145. The summed E-state index contributed by atoms with van der Waals surface area (Å²) in [5.41, 5.74) is 0.800.